The molecule has 1 N–H and O–H groups in total. The summed E-state index contributed by atoms with van der Waals surface area (Å²) in [6.45, 7) is 5.93. The van der Waals surface area contributed by atoms with E-state index >= 15 is 0 Å². The molecule has 1 aromatic rings. The molecule has 3 amide bonds. The predicted octanol–water partition coefficient (Wildman–Crippen LogP) is 2.26. The Hall–Kier alpha value is -2.44. The summed E-state index contributed by atoms with van der Waals surface area (Å²) < 4.78 is 5.15. The molecule has 0 bridgehead atoms. The van der Waals surface area contributed by atoms with E-state index in [-0.39, 0.29) is 24.5 Å². The first-order chi connectivity index (χ1) is 12.2. The lowest BCUT2D eigenvalue weighted by Gasteiger charge is -2.43. The van der Waals surface area contributed by atoms with Crippen LogP contribution in [0.5, 0.6) is 0 Å². The molecule has 1 aliphatic carbocycles. The molecule has 2 fully saturated rings. The fraction of sp³-hybridized carbons (Fsp3) is 0.579. The van der Waals surface area contributed by atoms with Crippen molar-refractivity contribution in [1.29, 1.82) is 0 Å². The fourth-order valence-corrected chi connectivity index (χ4v) is 4.46. The summed E-state index contributed by atoms with van der Waals surface area (Å²) in [5.74, 6) is -0.629. The van der Waals surface area contributed by atoms with Gasteiger partial charge in [-0.05, 0) is 42.7 Å². The Morgan fingerprint density at radius 1 is 1.35 bits per heavy atom. The highest BCUT2D eigenvalue weighted by Crippen LogP contribution is 2.46. The van der Waals surface area contributed by atoms with Crippen molar-refractivity contribution in [3.63, 3.8) is 0 Å². The molecule has 140 valence electrons. The van der Waals surface area contributed by atoms with Crippen molar-refractivity contribution in [1.82, 2.24) is 15.2 Å². The molecule has 2 atom stereocenters. The van der Waals surface area contributed by atoms with Crippen molar-refractivity contribution in [3.05, 3.63) is 30.1 Å². The Kier molecular flexibility index (Phi) is 4.73. The van der Waals surface area contributed by atoms with Gasteiger partial charge in [-0.2, -0.15) is 0 Å². The van der Waals surface area contributed by atoms with Crippen LogP contribution in [0.15, 0.2) is 24.4 Å². The summed E-state index contributed by atoms with van der Waals surface area (Å²) in [7, 11) is 0. The molecule has 0 radical (unpaired) electrons. The number of imide groups is 1. The number of hydrogen-bond acceptors (Lipinski definition) is 5. The van der Waals surface area contributed by atoms with Crippen LogP contribution in [-0.2, 0) is 20.9 Å². The van der Waals surface area contributed by atoms with Gasteiger partial charge in [-0.15, -0.1) is 0 Å². The van der Waals surface area contributed by atoms with Crippen molar-refractivity contribution in [2.24, 2.45) is 11.3 Å². The molecule has 2 aliphatic rings. The number of ether oxygens (including phenoxy) is 1. The summed E-state index contributed by atoms with van der Waals surface area (Å²) in [6.07, 6.45) is 3.79. The first-order valence-electron chi connectivity index (χ1n) is 8.90. The third-order valence-electron chi connectivity index (χ3n) is 5.02. The summed E-state index contributed by atoms with van der Waals surface area (Å²) >= 11 is 0. The Balaban J connectivity index is 1.65. The van der Waals surface area contributed by atoms with Crippen LogP contribution in [0, 0.1) is 11.3 Å². The second-order valence-corrected chi connectivity index (χ2v) is 8.24. The number of carbonyl (C=O) groups is 3. The third-order valence-corrected chi connectivity index (χ3v) is 5.02. The predicted molar refractivity (Wildman–Crippen MR) is 93.8 cm³/mol. The van der Waals surface area contributed by atoms with Gasteiger partial charge in [0, 0.05) is 6.20 Å². The Morgan fingerprint density at radius 2 is 2.12 bits per heavy atom. The number of amides is 3. The molecular weight excluding hydrogens is 334 g/mol. The molecule has 1 saturated heterocycles. The Labute approximate surface area is 153 Å². The van der Waals surface area contributed by atoms with E-state index in [1.54, 1.807) is 24.4 Å². The first kappa shape index (κ1) is 18.4. The largest absolute Gasteiger partial charge is 0.458 e. The first-order valence-corrected chi connectivity index (χ1v) is 8.90. The average Bonchev–Trinajstić information content (AvgIpc) is 2.75. The normalized spacial score (nSPS) is 27.5. The smallest absolute Gasteiger partial charge is 0.326 e. The summed E-state index contributed by atoms with van der Waals surface area (Å²) in [5.41, 5.74) is -0.340. The van der Waals surface area contributed by atoms with Crippen molar-refractivity contribution in [2.75, 3.05) is 6.54 Å². The van der Waals surface area contributed by atoms with Gasteiger partial charge in [0.25, 0.3) is 5.91 Å². The minimum absolute atomic E-state index is 0.0124. The average molecular weight is 359 g/mol. The zero-order valence-corrected chi connectivity index (χ0v) is 15.4. The maximum Gasteiger partial charge on any atom is 0.326 e. The van der Waals surface area contributed by atoms with E-state index in [2.05, 4.69) is 31.1 Å². The van der Waals surface area contributed by atoms with E-state index in [9.17, 15) is 14.4 Å². The second kappa shape index (κ2) is 6.70. The molecule has 7 heteroatoms. The van der Waals surface area contributed by atoms with Gasteiger partial charge in [-0.25, -0.2) is 4.79 Å². The third kappa shape index (κ3) is 3.71. The van der Waals surface area contributed by atoms with Gasteiger partial charge in [-0.1, -0.05) is 26.8 Å². The topological polar surface area (TPSA) is 88.6 Å². The molecule has 3 rings (SSSR count). The number of nitrogens with one attached hydrogen (secondary N) is 1. The van der Waals surface area contributed by atoms with Gasteiger partial charge in [0.15, 0.2) is 0 Å². The number of hydrogen-bond donors (Lipinski definition) is 1. The minimum atomic E-state index is -0.903. The van der Waals surface area contributed by atoms with Gasteiger partial charge in [-0.3, -0.25) is 19.5 Å². The molecule has 26 heavy (non-hydrogen) atoms. The standard InChI is InChI=1S/C19H25N3O4/c1-13-8-18(2,3)12-19(9-13)16(24)22(17(25)21-19)10-15(23)26-11-14-6-4-5-7-20-14/h4-7,13H,8-12H2,1-3H3,(H,21,25). The minimum Gasteiger partial charge on any atom is -0.458 e. The lowest BCUT2D eigenvalue weighted by atomic mass is 9.64. The highest BCUT2D eigenvalue weighted by atomic mass is 16.5. The maximum atomic E-state index is 13.0. The molecule has 2 heterocycles. The van der Waals surface area contributed by atoms with Gasteiger partial charge in [0.05, 0.1) is 5.69 Å². The number of carbonyl (C=O) groups excluding carboxylic acids is 3. The summed E-state index contributed by atoms with van der Waals surface area (Å²) in [5, 5.41) is 2.85. The highest BCUT2D eigenvalue weighted by Gasteiger charge is 2.56. The molecule has 2 unspecified atom stereocenters. The van der Waals surface area contributed by atoms with Gasteiger partial charge in [0.2, 0.25) is 0 Å². The van der Waals surface area contributed by atoms with Gasteiger partial charge in [0.1, 0.15) is 18.7 Å². The van der Waals surface area contributed by atoms with Crippen LogP contribution in [0.4, 0.5) is 4.79 Å². The Morgan fingerprint density at radius 3 is 2.77 bits per heavy atom. The van der Waals surface area contributed by atoms with Crippen molar-refractivity contribution in [3.8, 4) is 0 Å². The zero-order valence-electron chi connectivity index (χ0n) is 15.4. The van der Waals surface area contributed by atoms with Crippen LogP contribution in [-0.4, -0.2) is 39.9 Å². The lowest BCUT2D eigenvalue weighted by molar-refractivity contribution is -0.149. The number of aromatic nitrogens is 1. The Bertz CT molecular complexity index is 719. The van der Waals surface area contributed by atoms with E-state index in [0.717, 1.165) is 11.3 Å². The number of esters is 1. The molecule has 0 aromatic carbocycles. The van der Waals surface area contributed by atoms with E-state index in [4.69, 9.17) is 4.74 Å². The lowest BCUT2D eigenvalue weighted by Crippen LogP contribution is -2.54. The second-order valence-electron chi connectivity index (χ2n) is 8.24. The fourth-order valence-electron chi connectivity index (χ4n) is 4.46. The van der Waals surface area contributed by atoms with E-state index in [1.807, 2.05) is 0 Å². The zero-order chi connectivity index (χ0) is 18.9. The van der Waals surface area contributed by atoms with E-state index < -0.39 is 17.5 Å². The summed E-state index contributed by atoms with van der Waals surface area (Å²) in [6, 6.07) is 4.78. The quantitative estimate of drug-likeness (QED) is 0.658. The highest BCUT2D eigenvalue weighted by molar-refractivity contribution is 6.08. The number of urea groups is 1. The van der Waals surface area contributed by atoms with Crippen LogP contribution >= 0.6 is 0 Å². The molecule has 1 aromatic heterocycles. The molecule has 1 aliphatic heterocycles. The van der Waals surface area contributed by atoms with Crippen LogP contribution in [0.25, 0.3) is 0 Å². The van der Waals surface area contributed by atoms with Crippen LogP contribution < -0.4 is 5.32 Å². The van der Waals surface area contributed by atoms with Crippen LogP contribution in [0.2, 0.25) is 0 Å². The molecule has 1 spiro atoms. The van der Waals surface area contributed by atoms with Gasteiger partial charge < -0.3 is 10.1 Å². The SMILES string of the molecule is CC1CC(C)(C)CC2(C1)NC(=O)N(CC(=O)OCc1ccccn1)C2=O. The molecular formula is C19H25N3O4. The molecule has 7 nitrogen and oxygen atoms in total. The van der Waals surface area contributed by atoms with Crippen molar-refractivity contribution >= 4 is 17.9 Å². The number of pyridine rings is 1. The maximum absolute atomic E-state index is 13.0. The summed E-state index contributed by atoms with van der Waals surface area (Å²) in [4.78, 5) is 42.5. The van der Waals surface area contributed by atoms with Crippen molar-refractivity contribution in [2.45, 2.75) is 52.2 Å². The number of nitrogens with zero attached hydrogens (tertiary/aromatic N) is 2. The van der Waals surface area contributed by atoms with E-state index in [0.29, 0.717) is 24.5 Å². The van der Waals surface area contributed by atoms with Crippen molar-refractivity contribution < 1.29 is 19.1 Å². The van der Waals surface area contributed by atoms with Crippen LogP contribution in [0.1, 0.15) is 45.7 Å². The number of rotatable bonds is 4. The molecule has 1 saturated carbocycles. The monoisotopic (exact) mass is 359 g/mol. The van der Waals surface area contributed by atoms with E-state index in [1.165, 1.54) is 0 Å². The van der Waals surface area contributed by atoms with Crippen LogP contribution in [0.3, 0.4) is 0 Å². The van der Waals surface area contributed by atoms with Gasteiger partial charge >= 0.3 is 12.0 Å².